The maximum Gasteiger partial charge on any atom is 0.235 e. The van der Waals surface area contributed by atoms with E-state index in [0.717, 1.165) is 18.8 Å². The summed E-state index contributed by atoms with van der Waals surface area (Å²) in [7, 11) is 0. The quantitative estimate of drug-likeness (QED) is 0.696. The van der Waals surface area contributed by atoms with E-state index in [1.54, 1.807) is 16.7 Å². The Bertz CT molecular complexity index is 1010. The lowest BCUT2D eigenvalue weighted by molar-refractivity contribution is -0.133. The van der Waals surface area contributed by atoms with Gasteiger partial charge in [-0.2, -0.15) is 0 Å². The number of carbonyl (C=O) groups is 2. The van der Waals surface area contributed by atoms with Crippen LogP contribution in [0.25, 0.3) is 5.65 Å². The molecule has 1 saturated heterocycles. The molecule has 3 aromatic rings. The number of pyridine rings is 1. The highest BCUT2D eigenvalue weighted by Crippen LogP contribution is 2.19. The molecule has 0 saturated carbocycles. The van der Waals surface area contributed by atoms with Gasteiger partial charge in [-0.05, 0) is 36.4 Å². The molecule has 9 heteroatoms. The van der Waals surface area contributed by atoms with Crippen LogP contribution in [0.15, 0.2) is 48.7 Å². The van der Waals surface area contributed by atoms with Crippen molar-refractivity contribution in [2.45, 2.75) is 12.8 Å². The van der Waals surface area contributed by atoms with Crippen LogP contribution in [0.2, 0.25) is 5.02 Å². The van der Waals surface area contributed by atoms with Crippen LogP contribution in [0, 0.1) is 0 Å². The van der Waals surface area contributed by atoms with Crippen molar-refractivity contribution >= 4 is 40.7 Å². The molecule has 1 aliphatic rings. The van der Waals surface area contributed by atoms with Gasteiger partial charge in [0, 0.05) is 55.9 Å². The third-order valence-electron chi connectivity index (χ3n) is 4.96. The zero-order valence-corrected chi connectivity index (χ0v) is 16.5. The fraction of sp³-hybridized carbons (Fsp3) is 0.300. The minimum absolute atomic E-state index is 0.0120. The molecule has 2 aromatic heterocycles. The second kappa shape index (κ2) is 8.48. The molecular weight excluding hydrogens is 392 g/mol. The first-order valence-corrected chi connectivity index (χ1v) is 9.86. The molecule has 0 unspecified atom stereocenters. The van der Waals surface area contributed by atoms with Gasteiger partial charge >= 0.3 is 0 Å². The van der Waals surface area contributed by atoms with Crippen molar-refractivity contribution in [1.82, 2.24) is 19.5 Å². The van der Waals surface area contributed by atoms with Crippen LogP contribution in [-0.4, -0.2) is 57.5 Å². The van der Waals surface area contributed by atoms with Crippen LogP contribution in [0.1, 0.15) is 12.8 Å². The zero-order chi connectivity index (χ0) is 20.2. The minimum atomic E-state index is -0.253. The first-order valence-electron chi connectivity index (χ1n) is 9.48. The maximum absolute atomic E-state index is 12.5. The Morgan fingerprint density at radius 3 is 2.48 bits per heavy atom. The molecule has 0 aliphatic carbocycles. The van der Waals surface area contributed by atoms with Gasteiger partial charge in [0.05, 0.1) is 0 Å². The zero-order valence-electron chi connectivity index (χ0n) is 15.8. The second-order valence-electron chi connectivity index (χ2n) is 6.84. The van der Waals surface area contributed by atoms with Crippen LogP contribution in [0.4, 0.5) is 11.6 Å². The van der Waals surface area contributed by atoms with Gasteiger partial charge in [0.25, 0.3) is 0 Å². The molecule has 8 nitrogen and oxygen atoms in total. The van der Waals surface area contributed by atoms with Gasteiger partial charge in [0.15, 0.2) is 5.65 Å². The van der Waals surface area contributed by atoms with Crippen molar-refractivity contribution in [3.8, 4) is 0 Å². The number of piperazine rings is 1. The van der Waals surface area contributed by atoms with E-state index in [4.69, 9.17) is 11.6 Å². The summed E-state index contributed by atoms with van der Waals surface area (Å²) in [4.78, 5) is 28.7. The minimum Gasteiger partial charge on any atom is -0.368 e. The molecule has 0 bridgehead atoms. The van der Waals surface area contributed by atoms with Crippen LogP contribution in [0.5, 0.6) is 0 Å². The van der Waals surface area contributed by atoms with Crippen molar-refractivity contribution in [2.24, 2.45) is 0 Å². The van der Waals surface area contributed by atoms with Gasteiger partial charge in [-0.1, -0.05) is 17.7 Å². The predicted molar refractivity (Wildman–Crippen MR) is 111 cm³/mol. The van der Waals surface area contributed by atoms with Gasteiger partial charge < -0.3 is 9.80 Å². The van der Waals surface area contributed by atoms with Crippen LogP contribution in [-0.2, 0) is 9.59 Å². The molecule has 150 valence electrons. The normalized spacial score (nSPS) is 14.2. The van der Waals surface area contributed by atoms with Gasteiger partial charge in [0.2, 0.25) is 17.8 Å². The number of hydrogen-bond acceptors (Lipinski definition) is 5. The summed E-state index contributed by atoms with van der Waals surface area (Å²) in [6.45, 7) is 2.78. The fourth-order valence-electron chi connectivity index (χ4n) is 3.36. The van der Waals surface area contributed by atoms with E-state index in [1.807, 2.05) is 41.3 Å². The molecule has 29 heavy (non-hydrogen) atoms. The molecule has 0 spiro atoms. The standard InChI is InChI=1S/C20H21ClN6O2/c21-15-4-6-16(7-5-15)25-11-13-26(14-12-25)19(29)9-8-18(28)22-20-24-23-17-3-1-2-10-27(17)20/h1-7,10H,8-9,11-14H2,(H,22,24,28). The lowest BCUT2D eigenvalue weighted by atomic mass is 10.2. The number of nitrogens with zero attached hydrogens (tertiary/aromatic N) is 5. The lowest BCUT2D eigenvalue weighted by Gasteiger charge is -2.36. The number of amides is 2. The van der Waals surface area contributed by atoms with Crippen molar-refractivity contribution in [3.05, 3.63) is 53.7 Å². The number of nitrogens with one attached hydrogen (secondary N) is 1. The van der Waals surface area contributed by atoms with Gasteiger partial charge in [-0.25, -0.2) is 0 Å². The first-order chi connectivity index (χ1) is 14.1. The number of hydrogen-bond donors (Lipinski definition) is 1. The van der Waals surface area contributed by atoms with Crippen LogP contribution >= 0.6 is 11.6 Å². The number of halogens is 1. The number of benzene rings is 1. The molecule has 2 amide bonds. The SMILES string of the molecule is O=C(CCC(=O)N1CCN(c2ccc(Cl)cc2)CC1)Nc1nnc2ccccn12. The van der Waals surface area contributed by atoms with E-state index in [-0.39, 0.29) is 24.7 Å². The summed E-state index contributed by atoms with van der Waals surface area (Å²) >= 11 is 5.94. The predicted octanol–water partition coefficient (Wildman–Crippen LogP) is 2.45. The molecular formula is C20H21ClN6O2. The highest BCUT2D eigenvalue weighted by molar-refractivity contribution is 6.30. The highest BCUT2D eigenvalue weighted by Gasteiger charge is 2.22. The number of aromatic nitrogens is 3. The lowest BCUT2D eigenvalue weighted by Crippen LogP contribution is -2.48. The van der Waals surface area contributed by atoms with E-state index in [1.165, 1.54) is 0 Å². The number of fused-ring (bicyclic) bond motifs is 1. The van der Waals surface area contributed by atoms with E-state index in [2.05, 4.69) is 20.4 Å². The Morgan fingerprint density at radius 1 is 0.966 bits per heavy atom. The molecule has 0 radical (unpaired) electrons. The van der Waals surface area contributed by atoms with Crippen LogP contribution < -0.4 is 10.2 Å². The Labute approximate surface area is 173 Å². The van der Waals surface area contributed by atoms with E-state index in [9.17, 15) is 9.59 Å². The topological polar surface area (TPSA) is 82.8 Å². The molecule has 3 heterocycles. The van der Waals surface area contributed by atoms with E-state index < -0.39 is 0 Å². The Hall–Kier alpha value is -3.13. The average molecular weight is 413 g/mol. The Kier molecular flexibility index (Phi) is 5.62. The monoisotopic (exact) mass is 412 g/mol. The second-order valence-corrected chi connectivity index (χ2v) is 7.28. The number of anilines is 2. The average Bonchev–Trinajstić information content (AvgIpc) is 3.15. The summed E-state index contributed by atoms with van der Waals surface area (Å²) in [5.41, 5.74) is 1.75. The van der Waals surface area contributed by atoms with Crippen molar-refractivity contribution in [1.29, 1.82) is 0 Å². The number of carbonyl (C=O) groups excluding carboxylic acids is 2. The molecule has 1 fully saturated rings. The van der Waals surface area contributed by atoms with E-state index >= 15 is 0 Å². The van der Waals surface area contributed by atoms with Gasteiger partial charge in [-0.3, -0.25) is 19.3 Å². The molecule has 1 aromatic carbocycles. The molecule has 1 aliphatic heterocycles. The van der Waals surface area contributed by atoms with Gasteiger partial charge in [0.1, 0.15) is 0 Å². The fourth-order valence-corrected chi connectivity index (χ4v) is 3.48. The Morgan fingerprint density at radius 2 is 1.72 bits per heavy atom. The van der Waals surface area contributed by atoms with Crippen molar-refractivity contribution in [3.63, 3.8) is 0 Å². The van der Waals surface area contributed by atoms with Crippen LogP contribution in [0.3, 0.4) is 0 Å². The molecule has 0 atom stereocenters. The van der Waals surface area contributed by atoms with E-state index in [0.29, 0.717) is 29.7 Å². The summed E-state index contributed by atoms with van der Waals surface area (Å²) < 4.78 is 1.69. The summed E-state index contributed by atoms with van der Waals surface area (Å²) in [6.07, 6.45) is 2.05. The third-order valence-corrected chi connectivity index (χ3v) is 5.21. The maximum atomic E-state index is 12.5. The van der Waals surface area contributed by atoms with Gasteiger partial charge in [-0.15, -0.1) is 10.2 Å². The molecule has 1 N–H and O–H groups in total. The smallest absolute Gasteiger partial charge is 0.235 e. The summed E-state index contributed by atoms with van der Waals surface area (Å²) in [5.74, 6) is 0.0907. The summed E-state index contributed by atoms with van der Waals surface area (Å²) in [5, 5.41) is 11.4. The Balaban J connectivity index is 1.24. The van der Waals surface area contributed by atoms with Crippen molar-refractivity contribution < 1.29 is 9.59 Å². The largest absolute Gasteiger partial charge is 0.368 e. The van der Waals surface area contributed by atoms with Crippen molar-refractivity contribution in [2.75, 3.05) is 36.4 Å². The highest BCUT2D eigenvalue weighted by atomic mass is 35.5. The third kappa shape index (κ3) is 4.48. The number of rotatable bonds is 5. The molecule has 4 rings (SSSR count). The summed E-state index contributed by atoms with van der Waals surface area (Å²) in [6, 6.07) is 13.2. The first kappa shape index (κ1) is 19.2.